The predicted molar refractivity (Wildman–Crippen MR) is 155 cm³/mol. The number of anilines is 3. The minimum atomic E-state index is -0.286. The lowest BCUT2D eigenvalue weighted by molar-refractivity contribution is -0.109. The molecule has 0 heterocycles. The van der Waals surface area contributed by atoms with Gasteiger partial charge in [0.15, 0.2) is 0 Å². The number of aliphatic hydroxyl groups is 1. The van der Waals surface area contributed by atoms with Crippen molar-refractivity contribution >= 4 is 34.2 Å². The summed E-state index contributed by atoms with van der Waals surface area (Å²) in [6.07, 6.45) is 3.71. The van der Waals surface area contributed by atoms with Gasteiger partial charge in [-0.1, -0.05) is 0 Å². The molecular weight excluding hydrogens is 464 g/mol. The number of nitrogens with one attached hydrogen (secondary N) is 3. The highest BCUT2D eigenvalue weighted by Crippen LogP contribution is 2.25. The average molecular weight is 505 g/mol. The van der Waals surface area contributed by atoms with Gasteiger partial charge in [-0.25, -0.2) is 4.99 Å². The first kappa shape index (κ1) is 28.0. The first-order valence-electron chi connectivity index (χ1n) is 12.7. The molecule has 0 radical (unpaired) electrons. The Bertz CT molecular complexity index is 1130. The zero-order valence-corrected chi connectivity index (χ0v) is 22.6. The van der Waals surface area contributed by atoms with Crippen molar-refractivity contribution in [3.63, 3.8) is 0 Å². The van der Waals surface area contributed by atoms with E-state index in [-0.39, 0.29) is 22.8 Å². The lowest BCUT2D eigenvalue weighted by Crippen LogP contribution is -2.22. The molecule has 198 valence electrons. The number of rotatable bonds is 13. The van der Waals surface area contributed by atoms with Crippen LogP contribution < -0.4 is 16.0 Å². The summed E-state index contributed by atoms with van der Waals surface area (Å²) in [7, 11) is 8.26. The van der Waals surface area contributed by atoms with E-state index in [1.54, 1.807) is 13.0 Å². The van der Waals surface area contributed by atoms with Crippen LogP contribution in [-0.4, -0.2) is 80.8 Å². The monoisotopic (exact) mass is 504 g/mol. The lowest BCUT2D eigenvalue weighted by Gasteiger charge is -2.18. The second kappa shape index (κ2) is 13.6. The van der Waals surface area contributed by atoms with E-state index in [0.717, 1.165) is 56.1 Å². The number of benzene rings is 2. The standard InChI is InChI=1S/C29H40N6O2/c1-21-28(36)26(32-24-12-8-22(9-13-24)30-16-6-18-34(2)3)20-27(29(21)37)33-25-14-10-23(11-15-25)31-17-7-19-35(4)5/h8-15,20,30-32,36H,6-7,16-19H2,1-5H3. The van der Waals surface area contributed by atoms with E-state index in [2.05, 4.69) is 58.9 Å². The molecule has 0 saturated heterocycles. The van der Waals surface area contributed by atoms with Crippen LogP contribution in [0.5, 0.6) is 0 Å². The van der Waals surface area contributed by atoms with Crippen LogP contribution in [0.4, 0.5) is 22.7 Å². The number of carbonyl (C=O) groups excluding carboxylic acids is 1. The summed E-state index contributed by atoms with van der Waals surface area (Å²) in [6, 6.07) is 15.5. The molecule has 0 aromatic heterocycles. The third kappa shape index (κ3) is 8.77. The second-order valence-electron chi connectivity index (χ2n) is 9.77. The molecule has 0 amide bonds. The molecule has 0 spiro atoms. The third-order valence-electron chi connectivity index (χ3n) is 5.97. The molecule has 2 aromatic rings. The molecule has 0 atom stereocenters. The minimum Gasteiger partial charge on any atom is -0.505 e. The average Bonchev–Trinajstić information content (AvgIpc) is 2.87. The van der Waals surface area contributed by atoms with Gasteiger partial charge < -0.3 is 30.9 Å². The van der Waals surface area contributed by atoms with Gasteiger partial charge in [0.2, 0.25) is 5.78 Å². The fraction of sp³-hybridized carbons (Fsp3) is 0.379. The van der Waals surface area contributed by atoms with Gasteiger partial charge in [0.25, 0.3) is 0 Å². The zero-order chi connectivity index (χ0) is 26.8. The largest absolute Gasteiger partial charge is 0.505 e. The molecule has 3 rings (SSSR count). The fourth-order valence-electron chi connectivity index (χ4n) is 3.83. The molecule has 1 aliphatic carbocycles. The Balaban J connectivity index is 1.65. The minimum absolute atomic E-state index is 0.0629. The van der Waals surface area contributed by atoms with Gasteiger partial charge in [-0.05, 0) is 116 Å². The van der Waals surface area contributed by atoms with Crippen molar-refractivity contribution in [2.45, 2.75) is 19.8 Å². The molecule has 0 bridgehead atoms. The molecule has 0 fully saturated rings. The van der Waals surface area contributed by atoms with Crippen LogP contribution in [-0.2, 0) is 4.79 Å². The van der Waals surface area contributed by atoms with E-state index < -0.39 is 0 Å². The number of allylic oxidation sites excluding steroid dienone is 2. The Morgan fingerprint density at radius 1 is 0.784 bits per heavy atom. The first-order valence-corrected chi connectivity index (χ1v) is 12.7. The van der Waals surface area contributed by atoms with Crippen molar-refractivity contribution in [2.24, 2.45) is 4.99 Å². The highest BCUT2D eigenvalue weighted by molar-refractivity contribution is 6.51. The Morgan fingerprint density at radius 3 is 1.78 bits per heavy atom. The molecule has 0 aliphatic heterocycles. The Kier molecular flexibility index (Phi) is 10.3. The maximum absolute atomic E-state index is 12.8. The molecule has 8 nitrogen and oxygen atoms in total. The summed E-state index contributed by atoms with van der Waals surface area (Å²) in [6.45, 7) is 5.46. The van der Waals surface area contributed by atoms with Crippen LogP contribution in [0.3, 0.4) is 0 Å². The van der Waals surface area contributed by atoms with Crippen LogP contribution in [0.15, 0.2) is 76.6 Å². The van der Waals surface area contributed by atoms with Crippen molar-refractivity contribution in [1.82, 2.24) is 9.80 Å². The number of aliphatic imine (C=N–C) groups is 1. The van der Waals surface area contributed by atoms with Gasteiger partial charge in [0.05, 0.1) is 11.4 Å². The van der Waals surface area contributed by atoms with Crippen LogP contribution in [0.2, 0.25) is 0 Å². The topological polar surface area (TPSA) is 92.2 Å². The van der Waals surface area contributed by atoms with Crippen molar-refractivity contribution in [3.05, 3.63) is 71.6 Å². The van der Waals surface area contributed by atoms with Crippen molar-refractivity contribution in [3.8, 4) is 0 Å². The van der Waals surface area contributed by atoms with Gasteiger partial charge in [-0.15, -0.1) is 0 Å². The summed E-state index contributed by atoms with van der Waals surface area (Å²) in [5.41, 5.74) is 4.53. The van der Waals surface area contributed by atoms with Crippen LogP contribution >= 0.6 is 0 Å². The highest BCUT2D eigenvalue weighted by atomic mass is 16.3. The van der Waals surface area contributed by atoms with E-state index in [1.807, 2.05) is 48.5 Å². The number of carbonyl (C=O) groups is 1. The predicted octanol–water partition coefficient (Wildman–Crippen LogP) is 4.90. The summed E-state index contributed by atoms with van der Waals surface area (Å²) in [5, 5.41) is 20.6. The third-order valence-corrected chi connectivity index (χ3v) is 5.97. The number of aliphatic hydroxyl groups excluding tert-OH is 1. The Morgan fingerprint density at radius 2 is 1.27 bits per heavy atom. The first-order chi connectivity index (χ1) is 17.7. The second-order valence-corrected chi connectivity index (χ2v) is 9.77. The van der Waals surface area contributed by atoms with E-state index >= 15 is 0 Å². The summed E-state index contributed by atoms with van der Waals surface area (Å²) in [5.74, 6) is -0.349. The molecule has 1 aliphatic rings. The van der Waals surface area contributed by atoms with Gasteiger partial charge >= 0.3 is 0 Å². The van der Waals surface area contributed by atoms with Gasteiger partial charge in [0.1, 0.15) is 11.5 Å². The molecular formula is C29H40N6O2. The Hall–Kier alpha value is -3.62. The van der Waals surface area contributed by atoms with E-state index in [1.165, 1.54) is 0 Å². The van der Waals surface area contributed by atoms with Crippen molar-refractivity contribution in [1.29, 1.82) is 0 Å². The number of nitrogens with zero attached hydrogens (tertiary/aromatic N) is 3. The van der Waals surface area contributed by atoms with Crippen LogP contribution in [0, 0.1) is 0 Å². The lowest BCUT2D eigenvalue weighted by atomic mass is 9.99. The summed E-state index contributed by atoms with van der Waals surface area (Å²) < 4.78 is 0. The van der Waals surface area contributed by atoms with Gasteiger partial charge in [0, 0.05) is 35.7 Å². The van der Waals surface area contributed by atoms with Crippen LogP contribution in [0.1, 0.15) is 19.8 Å². The number of Topliss-reactive ketones (excluding diaryl/α,β-unsaturated/α-hetero) is 1. The SMILES string of the molecule is CC1=C(O)C(Nc2ccc(NCCCN(C)C)cc2)=CC(=Nc2ccc(NCCCN(C)C)cc2)C1=O. The normalized spacial score (nSPS) is 14.9. The number of ketones is 1. The maximum atomic E-state index is 12.8. The number of hydrogen-bond donors (Lipinski definition) is 4. The van der Waals surface area contributed by atoms with E-state index in [0.29, 0.717) is 11.4 Å². The Labute approximate surface area is 220 Å². The van der Waals surface area contributed by atoms with Crippen LogP contribution in [0.25, 0.3) is 0 Å². The number of hydrogen-bond acceptors (Lipinski definition) is 8. The molecule has 0 saturated carbocycles. The van der Waals surface area contributed by atoms with Crippen molar-refractivity contribution < 1.29 is 9.90 Å². The fourth-order valence-corrected chi connectivity index (χ4v) is 3.83. The summed E-state index contributed by atoms with van der Waals surface area (Å²) >= 11 is 0. The molecule has 8 heteroatoms. The highest BCUT2D eigenvalue weighted by Gasteiger charge is 2.24. The maximum Gasteiger partial charge on any atom is 0.210 e. The van der Waals surface area contributed by atoms with E-state index in [9.17, 15) is 9.90 Å². The molecule has 2 aromatic carbocycles. The smallest absolute Gasteiger partial charge is 0.210 e. The molecule has 37 heavy (non-hydrogen) atoms. The summed E-state index contributed by atoms with van der Waals surface area (Å²) in [4.78, 5) is 21.7. The van der Waals surface area contributed by atoms with Gasteiger partial charge in [-0.3, -0.25) is 4.79 Å². The van der Waals surface area contributed by atoms with Gasteiger partial charge in [-0.2, -0.15) is 0 Å². The van der Waals surface area contributed by atoms with E-state index in [4.69, 9.17) is 0 Å². The quantitative estimate of drug-likeness (QED) is 0.228. The molecule has 0 unspecified atom stereocenters. The zero-order valence-electron chi connectivity index (χ0n) is 22.6. The van der Waals surface area contributed by atoms with Crippen molar-refractivity contribution in [2.75, 3.05) is 70.3 Å². The molecule has 4 N–H and O–H groups in total.